The molecule has 9 heteroatoms. The van der Waals surface area contributed by atoms with Gasteiger partial charge in [0.05, 0.1) is 27.4 Å². The number of hydrogen-bond donors (Lipinski definition) is 1. The molecule has 0 radical (unpaired) electrons. The number of hydrogen-bond acceptors (Lipinski definition) is 5. The second kappa shape index (κ2) is 10.1. The summed E-state index contributed by atoms with van der Waals surface area (Å²) in [5.41, 5.74) is 2.74. The molecule has 0 unspecified atom stereocenters. The zero-order valence-corrected chi connectivity index (χ0v) is 20.4. The molecule has 1 aliphatic heterocycles. The van der Waals surface area contributed by atoms with E-state index in [4.69, 9.17) is 11.6 Å². The van der Waals surface area contributed by atoms with Crippen molar-refractivity contribution in [1.82, 2.24) is 19.4 Å². The third-order valence-electron chi connectivity index (χ3n) is 6.24. The van der Waals surface area contributed by atoms with Crippen LogP contribution in [-0.4, -0.2) is 50.0 Å². The van der Waals surface area contributed by atoms with Gasteiger partial charge in [-0.3, -0.25) is 14.2 Å². The van der Waals surface area contributed by atoms with Crippen molar-refractivity contribution in [1.29, 1.82) is 0 Å². The van der Waals surface area contributed by atoms with Gasteiger partial charge in [0.15, 0.2) is 5.78 Å². The normalized spacial score (nSPS) is 14.4. The summed E-state index contributed by atoms with van der Waals surface area (Å²) in [6.07, 6.45) is 2.98. The van der Waals surface area contributed by atoms with Gasteiger partial charge in [-0.25, -0.2) is 9.78 Å². The van der Waals surface area contributed by atoms with E-state index in [9.17, 15) is 14.4 Å². The third kappa shape index (κ3) is 5.04. The lowest BCUT2D eigenvalue weighted by Crippen LogP contribution is -2.40. The number of fused-ring (bicyclic) bond motifs is 1. The predicted molar refractivity (Wildman–Crippen MR) is 137 cm³/mol. The van der Waals surface area contributed by atoms with E-state index in [1.165, 1.54) is 11.8 Å². The quantitative estimate of drug-likeness (QED) is 0.299. The van der Waals surface area contributed by atoms with E-state index in [0.29, 0.717) is 47.1 Å². The summed E-state index contributed by atoms with van der Waals surface area (Å²) in [5.74, 6) is 0.171. The maximum absolute atomic E-state index is 13.0. The van der Waals surface area contributed by atoms with Gasteiger partial charge >= 0.3 is 5.69 Å². The van der Waals surface area contributed by atoms with Crippen LogP contribution in [0.4, 0.5) is 0 Å². The van der Waals surface area contributed by atoms with Gasteiger partial charge in [0.25, 0.3) is 5.91 Å². The first-order valence-corrected chi connectivity index (χ1v) is 12.7. The van der Waals surface area contributed by atoms with Crippen molar-refractivity contribution in [2.24, 2.45) is 0 Å². The van der Waals surface area contributed by atoms with E-state index < -0.39 is 0 Å². The molecule has 1 fully saturated rings. The summed E-state index contributed by atoms with van der Waals surface area (Å²) < 4.78 is 1.82. The average Bonchev–Trinajstić information content (AvgIpc) is 3.23. The van der Waals surface area contributed by atoms with Gasteiger partial charge in [-0.05, 0) is 61.4 Å². The number of thioether (sulfide) groups is 1. The number of para-hydroxylation sites is 2. The first-order chi connectivity index (χ1) is 17.0. The number of aromatic nitrogens is 3. The van der Waals surface area contributed by atoms with Crippen LogP contribution in [0.2, 0.25) is 5.02 Å². The lowest BCUT2D eigenvalue weighted by molar-refractivity contribution is 0.0694. The zero-order chi connectivity index (χ0) is 24.4. The fraction of sp³-hybridized carbons (Fsp3) is 0.231. The van der Waals surface area contributed by atoms with Gasteiger partial charge in [0.1, 0.15) is 0 Å². The van der Waals surface area contributed by atoms with Crippen LogP contribution in [0.15, 0.2) is 76.7 Å². The molecular formula is C26H23ClN4O3S. The molecule has 1 amide bonds. The van der Waals surface area contributed by atoms with Crippen LogP contribution in [0.3, 0.4) is 0 Å². The van der Waals surface area contributed by atoms with Crippen molar-refractivity contribution >= 4 is 46.1 Å². The summed E-state index contributed by atoms with van der Waals surface area (Å²) in [7, 11) is 0. The van der Waals surface area contributed by atoms with E-state index in [-0.39, 0.29) is 29.2 Å². The van der Waals surface area contributed by atoms with Crippen LogP contribution in [0, 0.1) is 0 Å². The molecule has 35 heavy (non-hydrogen) atoms. The molecule has 1 aliphatic rings. The Bertz CT molecular complexity index is 1420. The number of aromatic amines is 1. The average molecular weight is 507 g/mol. The van der Waals surface area contributed by atoms with Crippen molar-refractivity contribution < 1.29 is 9.59 Å². The Morgan fingerprint density at radius 3 is 2.43 bits per heavy atom. The first kappa shape index (κ1) is 23.4. The van der Waals surface area contributed by atoms with Gasteiger partial charge in [-0.2, -0.15) is 0 Å². The van der Waals surface area contributed by atoms with Gasteiger partial charge in [0.2, 0.25) is 0 Å². The number of carbonyl (C=O) groups is 2. The van der Waals surface area contributed by atoms with Crippen LogP contribution < -0.4 is 5.69 Å². The number of piperidine rings is 1. The number of carbonyl (C=O) groups excluding carboxylic acids is 2. The van der Waals surface area contributed by atoms with Crippen molar-refractivity contribution in [3.05, 3.63) is 93.5 Å². The predicted octanol–water partition coefficient (Wildman–Crippen LogP) is 4.83. The summed E-state index contributed by atoms with van der Waals surface area (Å²) in [5, 5.41) is 1.27. The highest BCUT2D eigenvalue weighted by Crippen LogP contribution is 2.26. The van der Waals surface area contributed by atoms with Crippen molar-refractivity contribution in [2.75, 3.05) is 18.8 Å². The van der Waals surface area contributed by atoms with Crippen molar-refractivity contribution in [2.45, 2.75) is 23.9 Å². The summed E-state index contributed by atoms with van der Waals surface area (Å²) in [6, 6.07) is 18.0. The number of pyridine rings is 1. The smallest absolute Gasteiger partial charge is 0.326 e. The molecule has 0 bridgehead atoms. The van der Waals surface area contributed by atoms with E-state index in [1.54, 1.807) is 42.6 Å². The van der Waals surface area contributed by atoms with Gasteiger partial charge < -0.3 is 9.88 Å². The number of amides is 1. The highest BCUT2D eigenvalue weighted by Gasteiger charge is 2.26. The lowest BCUT2D eigenvalue weighted by Gasteiger charge is -2.32. The number of likely N-dealkylation sites (tertiary alicyclic amines) is 1. The molecule has 2 aromatic carbocycles. The maximum atomic E-state index is 13.0. The number of H-pyrrole nitrogens is 1. The molecule has 5 rings (SSSR count). The SMILES string of the molecule is O=C(CSc1ccc(C(=O)N2CCC(n3c(=O)[nH]c4ccccc43)CC2)cn1)c1ccc(Cl)cc1. The Balaban J connectivity index is 1.17. The fourth-order valence-electron chi connectivity index (χ4n) is 4.40. The van der Waals surface area contributed by atoms with Crippen LogP contribution in [-0.2, 0) is 0 Å². The minimum atomic E-state index is -0.109. The number of benzene rings is 2. The molecule has 4 aromatic rings. The number of halogens is 1. The highest BCUT2D eigenvalue weighted by molar-refractivity contribution is 7.99. The second-order valence-electron chi connectivity index (χ2n) is 8.44. The van der Waals surface area contributed by atoms with Crippen LogP contribution >= 0.6 is 23.4 Å². The summed E-state index contributed by atoms with van der Waals surface area (Å²) >= 11 is 7.20. The number of nitrogens with one attached hydrogen (secondary N) is 1. The Morgan fingerprint density at radius 2 is 1.71 bits per heavy atom. The van der Waals surface area contributed by atoms with Gasteiger partial charge in [-0.15, -0.1) is 0 Å². The molecule has 0 atom stereocenters. The van der Waals surface area contributed by atoms with E-state index in [2.05, 4.69) is 9.97 Å². The standard InChI is InChI=1S/C26H23ClN4O3S/c27-19-8-5-17(6-9-19)23(32)16-35-24-10-7-18(15-28-24)25(33)30-13-11-20(12-14-30)31-22-4-2-1-3-21(22)29-26(31)34/h1-10,15,20H,11-14,16H2,(H,29,34). The Kier molecular flexibility index (Phi) is 6.74. The third-order valence-corrected chi connectivity index (χ3v) is 7.44. The Morgan fingerprint density at radius 1 is 1.00 bits per heavy atom. The Hall–Kier alpha value is -3.36. The molecule has 0 saturated carbocycles. The van der Waals surface area contributed by atoms with Crippen LogP contribution in [0.5, 0.6) is 0 Å². The minimum absolute atomic E-state index is 0.00852. The molecule has 2 aromatic heterocycles. The number of rotatable bonds is 6. The van der Waals surface area contributed by atoms with Crippen LogP contribution in [0.25, 0.3) is 11.0 Å². The topological polar surface area (TPSA) is 88.1 Å². The lowest BCUT2D eigenvalue weighted by atomic mass is 10.0. The highest BCUT2D eigenvalue weighted by atomic mass is 35.5. The number of imidazole rings is 1. The van der Waals surface area contributed by atoms with E-state index in [1.807, 2.05) is 33.7 Å². The maximum Gasteiger partial charge on any atom is 0.326 e. The van der Waals surface area contributed by atoms with Crippen molar-refractivity contribution in [3.8, 4) is 0 Å². The first-order valence-electron chi connectivity index (χ1n) is 11.4. The van der Waals surface area contributed by atoms with E-state index >= 15 is 0 Å². The summed E-state index contributed by atoms with van der Waals surface area (Å²) in [6.45, 7) is 1.14. The van der Waals surface area contributed by atoms with Crippen molar-refractivity contribution in [3.63, 3.8) is 0 Å². The number of ketones is 1. The van der Waals surface area contributed by atoms with E-state index in [0.717, 1.165) is 11.0 Å². The molecule has 0 spiro atoms. The van der Waals surface area contributed by atoms with Gasteiger partial charge in [-0.1, -0.05) is 35.5 Å². The molecule has 0 aliphatic carbocycles. The zero-order valence-electron chi connectivity index (χ0n) is 18.8. The molecule has 178 valence electrons. The molecule has 7 nitrogen and oxygen atoms in total. The molecule has 1 saturated heterocycles. The monoisotopic (exact) mass is 506 g/mol. The van der Waals surface area contributed by atoms with Gasteiger partial charge in [0, 0.05) is 35.9 Å². The molecular weight excluding hydrogens is 484 g/mol. The largest absolute Gasteiger partial charge is 0.338 e. The second-order valence-corrected chi connectivity index (χ2v) is 9.88. The molecule has 1 N–H and O–H groups in total. The Labute approximate surface area is 211 Å². The summed E-state index contributed by atoms with van der Waals surface area (Å²) in [4.78, 5) is 46.9. The fourth-order valence-corrected chi connectivity index (χ4v) is 5.26. The number of Topliss-reactive ketones (excluding diaryl/α,β-unsaturated/α-hetero) is 1. The minimum Gasteiger partial charge on any atom is -0.338 e. The number of nitrogens with zero attached hydrogens (tertiary/aromatic N) is 3. The van der Waals surface area contributed by atoms with Crippen LogP contribution in [0.1, 0.15) is 39.6 Å². The molecule has 3 heterocycles.